The number of rotatable bonds is 7. The maximum atomic E-state index is 12.7. The van der Waals surface area contributed by atoms with Crippen LogP contribution in [-0.4, -0.2) is 37.8 Å². The zero-order chi connectivity index (χ0) is 15.2. The van der Waals surface area contributed by atoms with Gasteiger partial charge in [0.2, 0.25) is 0 Å². The van der Waals surface area contributed by atoms with Crippen molar-refractivity contribution in [1.29, 1.82) is 0 Å². The summed E-state index contributed by atoms with van der Waals surface area (Å²) in [6, 6.07) is 0. The lowest BCUT2D eigenvalue weighted by Gasteiger charge is -2.35. The lowest BCUT2D eigenvalue weighted by atomic mass is 9.97. The minimum Gasteiger partial charge on any atom is -0.368 e. The van der Waals surface area contributed by atoms with Crippen LogP contribution < -0.4 is 0 Å². The second-order valence-electron chi connectivity index (χ2n) is 4.69. The Labute approximate surface area is 117 Å². The third-order valence-corrected chi connectivity index (χ3v) is 5.79. The van der Waals surface area contributed by atoms with Crippen LogP contribution >= 0.6 is 7.60 Å². The minimum absolute atomic E-state index is 0.194. The van der Waals surface area contributed by atoms with Crippen LogP contribution in [0.2, 0.25) is 0 Å². The minimum atomic E-state index is -4.39. The predicted octanol–water partition coefficient (Wildman–Crippen LogP) is 4.14. The van der Waals surface area contributed by atoms with Gasteiger partial charge in [-0.3, -0.25) is 4.57 Å². The van der Waals surface area contributed by atoms with Crippen LogP contribution in [0.25, 0.3) is 0 Å². The van der Waals surface area contributed by atoms with Crippen molar-refractivity contribution >= 4 is 7.60 Å². The van der Waals surface area contributed by atoms with Gasteiger partial charge >= 0.3 is 13.8 Å². The smallest absolute Gasteiger partial charge is 0.368 e. The molecule has 0 aromatic heterocycles. The largest absolute Gasteiger partial charge is 0.411 e. The van der Waals surface area contributed by atoms with Gasteiger partial charge in [0.25, 0.3) is 0 Å². The first-order valence-electron chi connectivity index (χ1n) is 6.89. The van der Waals surface area contributed by atoms with Gasteiger partial charge in [-0.15, -0.1) is 0 Å². The highest BCUT2D eigenvalue weighted by Crippen LogP contribution is 2.58. The fraction of sp³-hybridized carbons (Fsp3) is 1.00. The van der Waals surface area contributed by atoms with Gasteiger partial charge in [0, 0.05) is 0 Å². The van der Waals surface area contributed by atoms with Crippen molar-refractivity contribution in [3.05, 3.63) is 0 Å². The molecule has 1 rings (SSSR count). The van der Waals surface area contributed by atoms with E-state index in [9.17, 15) is 17.7 Å². The number of hydrogen-bond donors (Lipinski definition) is 0. The van der Waals surface area contributed by atoms with Gasteiger partial charge in [-0.1, -0.05) is 12.8 Å². The highest BCUT2D eigenvalue weighted by atomic mass is 31.2. The van der Waals surface area contributed by atoms with Gasteiger partial charge < -0.3 is 13.8 Å². The summed E-state index contributed by atoms with van der Waals surface area (Å²) in [5, 5.41) is 0. The first kappa shape index (κ1) is 18.0. The van der Waals surface area contributed by atoms with Crippen LogP contribution in [0.5, 0.6) is 0 Å². The average molecular weight is 318 g/mol. The molecular weight excluding hydrogens is 296 g/mol. The summed E-state index contributed by atoms with van der Waals surface area (Å²) in [6.07, 6.45) is -2.61. The van der Waals surface area contributed by atoms with Gasteiger partial charge in [-0.05, 0) is 26.7 Å². The molecule has 0 N–H and O–H groups in total. The van der Waals surface area contributed by atoms with Crippen molar-refractivity contribution in [2.75, 3.05) is 19.8 Å². The molecule has 0 saturated heterocycles. The molecule has 2 atom stereocenters. The van der Waals surface area contributed by atoms with Crippen molar-refractivity contribution in [2.24, 2.45) is 0 Å². The van der Waals surface area contributed by atoms with Crippen molar-refractivity contribution in [1.82, 2.24) is 0 Å². The molecule has 8 heteroatoms. The Hall–Kier alpha value is -0.100. The fourth-order valence-corrected chi connectivity index (χ4v) is 4.74. The van der Waals surface area contributed by atoms with Crippen molar-refractivity contribution in [3.63, 3.8) is 0 Å². The SMILES string of the molecule is CCOP(=O)(OCC)[C@H]1CCCC[C@H]1OCC(F)(F)F. The highest BCUT2D eigenvalue weighted by molar-refractivity contribution is 7.54. The molecule has 1 fully saturated rings. The fourth-order valence-electron chi connectivity index (χ4n) is 2.42. The predicted molar refractivity (Wildman–Crippen MR) is 68.9 cm³/mol. The molecule has 0 aromatic carbocycles. The molecule has 4 nitrogen and oxygen atoms in total. The second kappa shape index (κ2) is 7.78. The zero-order valence-electron chi connectivity index (χ0n) is 11.8. The summed E-state index contributed by atoms with van der Waals surface area (Å²) in [4.78, 5) is 0. The average Bonchev–Trinajstić information content (AvgIpc) is 2.36. The standard InChI is InChI=1S/C12H22F3O4P/c1-3-18-20(16,19-4-2)11-8-6-5-7-10(11)17-9-12(13,14)15/h10-11H,3-9H2,1-2H3/t10-,11+/m1/s1. The molecule has 20 heavy (non-hydrogen) atoms. The molecule has 0 aliphatic heterocycles. The van der Waals surface area contributed by atoms with E-state index in [4.69, 9.17) is 13.8 Å². The number of alkyl halides is 3. The highest BCUT2D eigenvalue weighted by Gasteiger charge is 2.44. The summed E-state index contributed by atoms with van der Waals surface area (Å²) in [5.41, 5.74) is -0.613. The first-order chi connectivity index (χ1) is 9.32. The van der Waals surface area contributed by atoms with Gasteiger partial charge in [0.15, 0.2) is 0 Å². The molecular formula is C12H22F3O4P. The van der Waals surface area contributed by atoms with Crippen LogP contribution in [0.4, 0.5) is 13.2 Å². The lowest BCUT2D eigenvalue weighted by molar-refractivity contribution is -0.187. The maximum Gasteiger partial charge on any atom is 0.411 e. The van der Waals surface area contributed by atoms with Gasteiger partial charge in [-0.25, -0.2) is 0 Å². The Bertz CT molecular complexity index is 325. The number of ether oxygens (including phenoxy) is 1. The van der Waals surface area contributed by atoms with Gasteiger partial charge in [0.05, 0.1) is 25.0 Å². The molecule has 0 radical (unpaired) electrons. The van der Waals surface area contributed by atoms with E-state index in [1.807, 2.05) is 0 Å². The molecule has 0 aromatic rings. The summed E-state index contributed by atoms with van der Waals surface area (Å²) in [5.74, 6) is 0. The molecule has 0 spiro atoms. The van der Waals surface area contributed by atoms with E-state index in [0.717, 1.165) is 12.8 Å². The Kier molecular flexibility index (Phi) is 6.98. The Morgan fingerprint density at radius 3 is 2.15 bits per heavy atom. The van der Waals surface area contributed by atoms with Crippen molar-refractivity contribution < 1.29 is 31.5 Å². The Morgan fingerprint density at radius 1 is 1.10 bits per heavy atom. The topological polar surface area (TPSA) is 44.8 Å². The van der Waals surface area contributed by atoms with Crippen molar-refractivity contribution in [3.8, 4) is 0 Å². The third kappa shape index (κ3) is 5.35. The normalized spacial score (nSPS) is 24.9. The lowest BCUT2D eigenvalue weighted by Crippen LogP contribution is -2.36. The van der Waals surface area contributed by atoms with Crippen LogP contribution in [0.3, 0.4) is 0 Å². The number of halogens is 3. The molecule has 1 aliphatic rings. The van der Waals surface area contributed by atoms with Gasteiger partial charge in [0.1, 0.15) is 6.61 Å². The quantitative estimate of drug-likeness (QED) is 0.662. The molecule has 0 unspecified atom stereocenters. The second-order valence-corrected chi connectivity index (χ2v) is 6.95. The maximum absolute atomic E-state index is 12.7. The van der Waals surface area contributed by atoms with E-state index in [1.165, 1.54) is 0 Å². The van der Waals surface area contributed by atoms with E-state index < -0.39 is 32.1 Å². The van der Waals surface area contributed by atoms with Crippen LogP contribution in [-0.2, 0) is 18.3 Å². The van der Waals surface area contributed by atoms with E-state index in [0.29, 0.717) is 12.8 Å². The van der Waals surface area contributed by atoms with Crippen LogP contribution in [0.15, 0.2) is 0 Å². The van der Waals surface area contributed by atoms with Crippen LogP contribution in [0.1, 0.15) is 39.5 Å². The first-order valence-corrected chi connectivity index (χ1v) is 8.50. The van der Waals surface area contributed by atoms with Gasteiger partial charge in [-0.2, -0.15) is 13.2 Å². The van der Waals surface area contributed by atoms with E-state index in [1.54, 1.807) is 13.8 Å². The summed E-state index contributed by atoms with van der Waals surface area (Å²) in [7, 11) is -3.43. The van der Waals surface area contributed by atoms with E-state index >= 15 is 0 Å². The molecule has 0 amide bonds. The molecule has 120 valence electrons. The zero-order valence-corrected chi connectivity index (χ0v) is 12.7. The third-order valence-electron chi connectivity index (χ3n) is 3.15. The van der Waals surface area contributed by atoms with E-state index in [-0.39, 0.29) is 13.2 Å². The number of hydrogen-bond acceptors (Lipinski definition) is 4. The Morgan fingerprint density at radius 2 is 1.65 bits per heavy atom. The monoisotopic (exact) mass is 318 g/mol. The van der Waals surface area contributed by atoms with Crippen LogP contribution in [0, 0.1) is 0 Å². The molecule has 0 heterocycles. The molecule has 1 saturated carbocycles. The molecule has 0 bridgehead atoms. The van der Waals surface area contributed by atoms with Crippen molar-refractivity contribution in [2.45, 2.75) is 57.5 Å². The summed E-state index contributed by atoms with van der Waals surface area (Å²) >= 11 is 0. The summed E-state index contributed by atoms with van der Waals surface area (Å²) < 4.78 is 64.9. The van der Waals surface area contributed by atoms with E-state index in [2.05, 4.69) is 0 Å². The molecule has 1 aliphatic carbocycles. The Balaban J connectivity index is 2.77. The summed E-state index contributed by atoms with van der Waals surface area (Å²) in [6.45, 7) is 2.42.